The molecule has 39 heavy (non-hydrogen) atoms. The number of methoxy groups -OCH3 is 1. The third-order valence-corrected chi connectivity index (χ3v) is 6.59. The molecule has 0 saturated carbocycles. The minimum atomic E-state index is -0.218. The Hall–Kier alpha value is -5.10. The van der Waals surface area contributed by atoms with Gasteiger partial charge in [-0.3, -0.25) is 9.59 Å². The zero-order chi connectivity index (χ0) is 27.2. The zero-order valence-electron chi connectivity index (χ0n) is 21.8. The molecule has 1 heterocycles. The third kappa shape index (κ3) is 5.91. The van der Waals surface area contributed by atoms with E-state index in [2.05, 4.69) is 15.6 Å². The fraction of sp³-hybridized carbons (Fsp3) is 0.0909. The van der Waals surface area contributed by atoms with Crippen molar-refractivity contribution >= 4 is 17.5 Å². The van der Waals surface area contributed by atoms with Gasteiger partial charge in [-0.05, 0) is 65.6 Å². The lowest BCUT2D eigenvalue weighted by Crippen LogP contribution is -2.23. The number of nitrogens with one attached hydrogen (secondary N) is 3. The Bertz CT molecular complexity index is 1590. The Morgan fingerprint density at radius 2 is 1.46 bits per heavy atom. The second kappa shape index (κ2) is 11.5. The van der Waals surface area contributed by atoms with E-state index < -0.39 is 0 Å². The molecule has 194 valence electrons. The molecular weight excluding hydrogens is 486 g/mol. The van der Waals surface area contributed by atoms with E-state index in [-0.39, 0.29) is 11.8 Å². The van der Waals surface area contributed by atoms with Crippen LogP contribution in [0, 0.1) is 6.92 Å². The fourth-order valence-electron chi connectivity index (χ4n) is 4.36. The number of benzene rings is 4. The van der Waals surface area contributed by atoms with Crippen molar-refractivity contribution in [3.63, 3.8) is 0 Å². The summed E-state index contributed by atoms with van der Waals surface area (Å²) < 4.78 is 5.29. The Morgan fingerprint density at radius 3 is 2.15 bits per heavy atom. The van der Waals surface area contributed by atoms with Gasteiger partial charge in [0.2, 0.25) is 0 Å². The quantitative estimate of drug-likeness (QED) is 0.211. The highest BCUT2D eigenvalue weighted by atomic mass is 16.5. The lowest BCUT2D eigenvalue weighted by atomic mass is 10.0. The normalized spacial score (nSPS) is 10.6. The van der Waals surface area contributed by atoms with E-state index >= 15 is 0 Å². The molecule has 3 N–H and O–H groups in total. The number of hydrogen-bond donors (Lipinski definition) is 3. The van der Waals surface area contributed by atoms with Crippen LogP contribution >= 0.6 is 0 Å². The lowest BCUT2D eigenvalue weighted by Gasteiger charge is -2.10. The number of hydrogen-bond acceptors (Lipinski definition) is 3. The molecule has 5 rings (SSSR count). The van der Waals surface area contributed by atoms with Gasteiger partial charge in [-0.25, -0.2) is 0 Å². The number of carbonyl (C=O) groups excluding carboxylic acids is 2. The van der Waals surface area contributed by atoms with E-state index in [9.17, 15) is 9.59 Å². The van der Waals surface area contributed by atoms with E-state index in [1.807, 2.05) is 104 Å². The molecule has 0 atom stereocenters. The van der Waals surface area contributed by atoms with Crippen molar-refractivity contribution in [2.75, 3.05) is 12.4 Å². The topological polar surface area (TPSA) is 83.2 Å². The van der Waals surface area contributed by atoms with Gasteiger partial charge in [-0.1, -0.05) is 72.8 Å². The van der Waals surface area contributed by atoms with Gasteiger partial charge in [0.15, 0.2) is 0 Å². The Morgan fingerprint density at radius 1 is 0.769 bits per heavy atom. The first kappa shape index (κ1) is 25.5. The summed E-state index contributed by atoms with van der Waals surface area (Å²) in [7, 11) is 1.63. The first-order valence-corrected chi connectivity index (χ1v) is 12.7. The molecule has 0 aliphatic heterocycles. The number of anilines is 1. The number of ether oxygens (including phenoxy) is 1. The SMILES string of the molecule is COc1ccc(-c2cc(-c3ccccc3)[nH]c2C(=O)NCc2ccc(C(=O)Nc3ccccc3C)cc2)cc1. The predicted octanol–water partition coefficient (Wildman–Crippen LogP) is 6.85. The van der Waals surface area contributed by atoms with Crippen LogP contribution in [0.15, 0.2) is 109 Å². The third-order valence-electron chi connectivity index (χ3n) is 6.59. The van der Waals surface area contributed by atoms with Crippen LogP contribution in [0.5, 0.6) is 5.75 Å². The molecular formula is C33H29N3O3. The largest absolute Gasteiger partial charge is 0.497 e. The molecule has 0 radical (unpaired) electrons. The van der Waals surface area contributed by atoms with Crippen molar-refractivity contribution in [3.05, 3.63) is 132 Å². The van der Waals surface area contributed by atoms with Crippen molar-refractivity contribution in [1.82, 2.24) is 10.3 Å². The number of aryl methyl sites for hydroxylation is 1. The molecule has 0 aliphatic rings. The maximum absolute atomic E-state index is 13.4. The number of H-pyrrole nitrogens is 1. The maximum atomic E-state index is 13.4. The van der Waals surface area contributed by atoms with Crippen LogP contribution in [0.4, 0.5) is 5.69 Å². The Balaban J connectivity index is 1.31. The molecule has 0 saturated heterocycles. The van der Waals surface area contributed by atoms with Gasteiger partial charge in [-0.15, -0.1) is 0 Å². The summed E-state index contributed by atoms with van der Waals surface area (Å²) in [5, 5.41) is 5.96. The van der Waals surface area contributed by atoms with Crippen molar-refractivity contribution in [1.29, 1.82) is 0 Å². The van der Waals surface area contributed by atoms with E-state index in [1.165, 1.54) is 0 Å². The summed E-state index contributed by atoms with van der Waals surface area (Å²) >= 11 is 0. The average Bonchev–Trinajstić information content (AvgIpc) is 3.44. The standard InChI is InChI=1S/C33H29N3O3/c1-22-8-6-7-11-29(22)36-32(37)26-14-12-23(13-15-26)21-34-33(38)31-28(24-16-18-27(39-2)19-17-24)20-30(35-31)25-9-4-3-5-10-25/h3-20,35H,21H2,1-2H3,(H,34,38)(H,36,37). The molecule has 0 fully saturated rings. The number of aromatic amines is 1. The Labute approximate surface area is 227 Å². The molecule has 2 amide bonds. The molecule has 6 heteroatoms. The molecule has 0 aliphatic carbocycles. The van der Waals surface area contributed by atoms with Gasteiger partial charge in [0.25, 0.3) is 11.8 Å². The maximum Gasteiger partial charge on any atom is 0.268 e. The molecule has 5 aromatic rings. The highest BCUT2D eigenvalue weighted by molar-refractivity contribution is 6.04. The van der Waals surface area contributed by atoms with Crippen molar-refractivity contribution in [2.24, 2.45) is 0 Å². The summed E-state index contributed by atoms with van der Waals surface area (Å²) in [5.74, 6) is 0.354. The number of rotatable bonds is 8. The molecule has 1 aromatic heterocycles. The molecule has 6 nitrogen and oxygen atoms in total. The molecule has 0 unspecified atom stereocenters. The van der Waals surface area contributed by atoms with Crippen LogP contribution < -0.4 is 15.4 Å². The lowest BCUT2D eigenvalue weighted by molar-refractivity contribution is 0.0946. The summed E-state index contributed by atoms with van der Waals surface area (Å²) in [5.41, 5.74) is 7.25. The summed E-state index contributed by atoms with van der Waals surface area (Å²) in [6, 6.07) is 34.4. The monoisotopic (exact) mass is 515 g/mol. The van der Waals surface area contributed by atoms with Crippen molar-refractivity contribution < 1.29 is 14.3 Å². The molecule has 0 bridgehead atoms. The van der Waals surface area contributed by atoms with Crippen LogP contribution in [0.25, 0.3) is 22.4 Å². The summed E-state index contributed by atoms with van der Waals surface area (Å²) in [6.07, 6.45) is 0. The second-order valence-corrected chi connectivity index (χ2v) is 9.21. The van der Waals surface area contributed by atoms with Crippen LogP contribution in [0.3, 0.4) is 0 Å². The smallest absolute Gasteiger partial charge is 0.268 e. The highest BCUT2D eigenvalue weighted by Gasteiger charge is 2.18. The molecule has 4 aromatic carbocycles. The summed E-state index contributed by atoms with van der Waals surface area (Å²) in [6.45, 7) is 2.27. The van der Waals surface area contributed by atoms with Gasteiger partial charge in [-0.2, -0.15) is 0 Å². The average molecular weight is 516 g/mol. The minimum Gasteiger partial charge on any atom is -0.497 e. The van der Waals surface area contributed by atoms with Crippen LogP contribution in [-0.2, 0) is 6.54 Å². The van der Waals surface area contributed by atoms with Crippen LogP contribution in [0.1, 0.15) is 32.0 Å². The van der Waals surface area contributed by atoms with Gasteiger partial charge < -0.3 is 20.4 Å². The Kier molecular flexibility index (Phi) is 7.55. The van der Waals surface area contributed by atoms with E-state index in [0.29, 0.717) is 17.8 Å². The predicted molar refractivity (Wildman–Crippen MR) is 155 cm³/mol. The highest BCUT2D eigenvalue weighted by Crippen LogP contribution is 2.31. The van der Waals surface area contributed by atoms with E-state index in [1.54, 1.807) is 19.2 Å². The van der Waals surface area contributed by atoms with Crippen LogP contribution in [0.2, 0.25) is 0 Å². The summed E-state index contributed by atoms with van der Waals surface area (Å²) in [4.78, 5) is 29.3. The first-order valence-electron chi connectivity index (χ1n) is 12.7. The molecule has 0 spiro atoms. The van der Waals surface area contributed by atoms with Crippen molar-refractivity contribution in [2.45, 2.75) is 13.5 Å². The van der Waals surface area contributed by atoms with Crippen molar-refractivity contribution in [3.8, 4) is 28.1 Å². The van der Waals surface area contributed by atoms with Gasteiger partial charge >= 0.3 is 0 Å². The first-order chi connectivity index (χ1) is 19.0. The zero-order valence-corrected chi connectivity index (χ0v) is 21.8. The number of carbonyl (C=O) groups is 2. The van der Waals surface area contributed by atoms with Gasteiger partial charge in [0, 0.05) is 29.1 Å². The minimum absolute atomic E-state index is 0.177. The van der Waals surface area contributed by atoms with Crippen LogP contribution in [-0.4, -0.2) is 23.9 Å². The second-order valence-electron chi connectivity index (χ2n) is 9.21. The fourth-order valence-corrected chi connectivity index (χ4v) is 4.36. The van der Waals surface area contributed by atoms with Gasteiger partial charge in [0.1, 0.15) is 11.4 Å². The number of para-hydroxylation sites is 1. The number of amides is 2. The van der Waals surface area contributed by atoms with E-state index in [4.69, 9.17) is 4.74 Å². The number of aromatic nitrogens is 1. The van der Waals surface area contributed by atoms with Gasteiger partial charge in [0.05, 0.1) is 7.11 Å². The van der Waals surface area contributed by atoms with E-state index in [0.717, 1.165) is 44.9 Å².